The van der Waals surface area contributed by atoms with Gasteiger partial charge >= 0.3 is 0 Å². The van der Waals surface area contributed by atoms with E-state index in [1.807, 2.05) is 4.90 Å². The number of piperidine rings is 1. The molecule has 0 aromatic heterocycles. The van der Waals surface area contributed by atoms with Crippen LogP contribution in [0, 0.1) is 12.8 Å². The van der Waals surface area contributed by atoms with Gasteiger partial charge in [0, 0.05) is 45.8 Å². The number of hydrogen-bond acceptors (Lipinski definition) is 4. The van der Waals surface area contributed by atoms with Gasteiger partial charge in [0.05, 0.1) is 12.2 Å². The largest absolute Gasteiger partial charge is 0.340 e. The monoisotopic (exact) mass is 415 g/mol. The Morgan fingerprint density at radius 1 is 1.11 bits per heavy atom. The third-order valence-electron chi connectivity index (χ3n) is 5.54. The molecule has 0 aliphatic carbocycles. The molecule has 27 heavy (non-hydrogen) atoms. The summed E-state index contributed by atoms with van der Waals surface area (Å²) in [7, 11) is -3.22. The van der Waals surface area contributed by atoms with Crippen molar-refractivity contribution in [1.82, 2.24) is 14.1 Å². The van der Waals surface area contributed by atoms with Crippen LogP contribution >= 0.6 is 12.4 Å². The Bertz CT molecular complexity index is 748. The number of sulfonamides is 1. The van der Waals surface area contributed by atoms with E-state index >= 15 is 0 Å². The number of piperazine rings is 1. The van der Waals surface area contributed by atoms with Gasteiger partial charge in [-0.15, -0.1) is 12.4 Å². The third kappa shape index (κ3) is 5.67. The third-order valence-corrected chi connectivity index (χ3v) is 6.81. The van der Waals surface area contributed by atoms with Gasteiger partial charge in [0.25, 0.3) is 0 Å². The molecule has 0 radical (unpaired) electrons. The molecule has 6 nitrogen and oxygen atoms in total. The minimum absolute atomic E-state index is 0. The maximum Gasteiger partial charge on any atom is 0.227 e. The van der Waals surface area contributed by atoms with Gasteiger partial charge in [0.2, 0.25) is 15.9 Å². The quantitative estimate of drug-likeness (QED) is 0.751. The van der Waals surface area contributed by atoms with Crippen LogP contribution in [0.4, 0.5) is 0 Å². The number of carbonyl (C=O) groups excluding carboxylic acids is 1. The van der Waals surface area contributed by atoms with Crippen molar-refractivity contribution in [3.8, 4) is 0 Å². The van der Waals surface area contributed by atoms with E-state index < -0.39 is 10.0 Å². The van der Waals surface area contributed by atoms with Crippen LogP contribution in [-0.4, -0.2) is 74.0 Å². The topological polar surface area (TPSA) is 60.9 Å². The Balaban J connectivity index is 0.00000261. The Labute approximate surface area is 169 Å². The van der Waals surface area contributed by atoms with Crippen molar-refractivity contribution < 1.29 is 13.2 Å². The summed E-state index contributed by atoms with van der Waals surface area (Å²) < 4.78 is 25.0. The van der Waals surface area contributed by atoms with Gasteiger partial charge in [-0.1, -0.05) is 24.3 Å². The SMILES string of the molecule is Cc1ccccc1CN1CCN(C(=O)C2CCCN(S(C)(=O)=O)C2)CC1.Cl. The fraction of sp³-hybridized carbons (Fsp3) is 0.632. The number of carbonyl (C=O) groups is 1. The molecule has 1 unspecified atom stereocenters. The Kier molecular flexibility index (Phi) is 7.68. The molecule has 0 saturated carbocycles. The fourth-order valence-corrected chi connectivity index (χ4v) is 4.77. The Morgan fingerprint density at radius 2 is 1.78 bits per heavy atom. The molecule has 1 aromatic carbocycles. The van der Waals surface area contributed by atoms with E-state index in [1.165, 1.54) is 21.7 Å². The Hall–Kier alpha value is -1.15. The van der Waals surface area contributed by atoms with Gasteiger partial charge in [-0.05, 0) is 30.9 Å². The highest BCUT2D eigenvalue weighted by Gasteiger charge is 2.33. The molecule has 2 saturated heterocycles. The van der Waals surface area contributed by atoms with E-state index in [2.05, 4.69) is 36.1 Å². The zero-order valence-corrected chi connectivity index (χ0v) is 17.8. The smallest absolute Gasteiger partial charge is 0.227 e. The summed E-state index contributed by atoms with van der Waals surface area (Å²) in [5.74, 6) is -0.0738. The second kappa shape index (κ2) is 9.37. The number of amides is 1. The molecule has 0 bridgehead atoms. The van der Waals surface area contributed by atoms with E-state index in [-0.39, 0.29) is 24.2 Å². The fourth-order valence-electron chi connectivity index (χ4n) is 3.86. The first-order valence-corrected chi connectivity index (χ1v) is 11.2. The molecule has 152 valence electrons. The molecular weight excluding hydrogens is 386 g/mol. The standard InChI is InChI=1S/C19H29N3O3S.ClH/c1-16-6-3-4-7-17(16)14-20-10-12-21(13-11-20)19(23)18-8-5-9-22(15-18)26(2,24)25;/h3-4,6-7,18H,5,8-15H2,1-2H3;1H. The van der Waals surface area contributed by atoms with Gasteiger partial charge in [-0.25, -0.2) is 12.7 Å². The summed E-state index contributed by atoms with van der Waals surface area (Å²) >= 11 is 0. The zero-order chi connectivity index (χ0) is 18.7. The molecule has 3 rings (SSSR count). The number of rotatable bonds is 4. The number of benzene rings is 1. The number of aryl methyl sites for hydroxylation is 1. The second-order valence-electron chi connectivity index (χ2n) is 7.49. The van der Waals surface area contributed by atoms with Crippen LogP contribution < -0.4 is 0 Å². The van der Waals surface area contributed by atoms with Crippen molar-refractivity contribution >= 4 is 28.3 Å². The molecule has 2 aliphatic rings. The minimum atomic E-state index is -3.22. The summed E-state index contributed by atoms with van der Waals surface area (Å²) in [6.45, 7) is 7.09. The van der Waals surface area contributed by atoms with Crippen molar-refractivity contribution in [1.29, 1.82) is 0 Å². The maximum absolute atomic E-state index is 12.8. The predicted octanol–water partition coefficient (Wildman–Crippen LogP) is 1.73. The van der Waals surface area contributed by atoms with Crippen LogP contribution in [-0.2, 0) is 21.4 Å². The molecule has 8 heteroatoms. The van der Waals surface area contributed by atoms with E-state index in [4.69, 9.17) is 0 Å². The highest BCUT2D eigenvalue weighted by molar-refractivity contribution is 7.88. The molecule has 0 N–H and O–H groups in total. The van der Waals surface area contributed by atoms with E-state index in [0.717, 1.165) is 45.6 Å². The predicted molar refractivity (Wildman–Crippen MR) is 109 cm³/mol. The lowest BCUT2D eigenvalue weighted by Crippen LogP contribution is -2.52. The van der Waals surface area contributed by atoms with Crippen molar-refractivity contribution in [3.05, 3.63) is 35.4 Å². The molecule has 2 aliphatic heterocycles. The highest BCUT2D eigenvalue weighted by atomic mass is 35.5. The van der Waals surface area contributed by atoms with E-state index in [9.17, 15) is 13.2 Å². The minimum Gasteiger partial charge on any atom is -0.340 e. The molecule has 2 fully saturated rings. The van der Waals surface area contributed by atoms with Crippen LogP contribution in [0.1, 0.15) is 24.0 Å². The summed E-state index contributed by atoms with van der Waals surface area (Å²) in [6, 6.07) is 8.42. The lowest BCUT2D eigenvalue weighted by atomic mass is 9.97. The van der Waals surface area contributed by atoms with Gasteiger partial charge in [0.15, 0.2) is 0 Å². The van der Waals surface area contributed by atoms with Crippen LogP contribution in [0.3, 0.4) is 0 Å². The summed E-state index contributed by atoms with van der Waals surface area (Å²) in [4.78, 5) is 17.1. The summed E-state index contributed by atoms with van der Waals surface area (Å²) in [6.07, 6.45) is 2.77. The second-order valence-corrected chi connectivity index (χ2v) is 9.47. The molecule has 0 spiro atoms. The van der Waals surface area contributed by atoms with Gasteiger partial charge in [-0.3, -0.25) is 9.69 Å². The van der Waals surface area contributed by atoms with Crippen LogP contribution in [0.25, 0.3) is 0 Å². The first-order valence-electron chi connectivity index (χ1n) is 9.35. The first-order chi connectivity index (χ1) is 12.3. The highest BCUT2D eigenvalue weighted by Crippen LogP contribution is 2.22. The maximum atomic E-state index is 12.8. The van der Waals surface area contributed by atoms with Crippen molar-refractivity contribution in [3.63, 3.8) is 0 Å². The zero-order valence-electron chi connectivity index (χ0n) is 16.1. The molecular formula is C19H30ClN3O3S. The van der Waals surface area contributed by atoms with E-state index in [0.29, 0.717) is 13.1 Å². The normalized spacial score (nSPS) is 22.3. The van der Waals surface area contributed by atoms with Gasteiger partial charge < -0.3 is 4.90 Å². The molecule has 1 aromatic rings. The number of nitrogens with zero attached hydrogens (tertiary/aromatic N) is 3. The van der Waals surface area contributed by atoms with E-state index in [1.54, 1.807) is 0 Å². The first kappa shape index (κ1) is 22.1. The average molecular weight is 416 g/mol. The van der Waals surface area contributed by atoms with Crippen molar-refractivity contribution in [2.24, 2.45) is 5.92 Å². The van der Waals surface area contributed by atoms with Crippen LogP contribution in [0.5, 0.6) is 0 Å². The molecule has 1 atom stereocenters. The summed E-state index contributed by atoms with van der Waals surface area (Å²) in [5.41, 5.74) is 2.64. The lowest BCUT2D eigenvalue weighted by molar-refractivity contribution is -0.138. The summed E-state index contributed by atoms with van der Waals surface area (Å²) in [5, 5.41) is 0. The number of halogens is 1. The lowest BCUT2D eigenvalue weighted by Gasteiger charge is -2.38. The van der Waals surface area contributed by atoms with Crippen LogP contribution in [0.15, 0.2) is 24.3 Å². The van der Waals surface area contributed by atoms with Gasteiger partial charge in [-0.2, -0.15) is 0 Å². The molecule has 2 heterocycles. The van der Waals surface area contributed by atoms with Crippen LogP contribution in [0.2, 0.25) is 0 Å². The van der Waals surface area contributed by atoms with Crippen molar-refractivity contribution in [2.75, 3.05) is 45.5 Å². The average Bonchev–Trinajstić information content (AvgIpc) is 2.63. The van der Waals surface area contributed by atoms with Crippen molar-refractivity contribution in [2.45, 2.75) is 26.3 Å². The number of hydrogen-bond donors (Lipinski definition) is 0. The Morgan fingerprint density at radius 3 is 2.41 bits per heavy atom. The molecule has 1 amide bonds. The van der Waals surface area contributed by atoms with Gasteiger partial charge in [0.1, 0.15) is 0 Å².